The van der Waals surface area contributed by atoms with E-state index in [0.29, 0.717) is 0 Å². The number of ether oxygens (including phenoxy) is 1. The van der Waals surface area contributed by atoms with E-state index in [1.165, 1.54) is 107 Å². The van der Waals surface area contributed by atoms with Gasteiger partial charge in [-0.2, -0.15) is 0 Å². The van der Waals surface area contributed by atoms with Gasteiger partial charge in [0.25, 0.3) is 0 Å². The van der Waals surface area contributed by atoms with Crippen LogP contribution in [0.2, 0.25) is 0 Å². The fourth-order valence-electron chi connectivity index (χ4n) is 4.87. The number of aryl methyl sites for hydroxylation is 1. The standard InChI is InChI=1S/C31H45O/c1-2-3-4-5-6-7-8-9-13-26-32-31-24-22-30(23-25-31)29-20-18-28(19-21-29)17-16-27-14-11-10-12-15-27/h10,18-25,27H,2-9,11-17,26H2,1H3. The first-order valence-corrected chi connectivity index (χ1v) is 13.5. The normalized spacial score (nSPS) is 14.5. The largest absolute Gasteiger partial charge is 0.494 e. The van der Waals surface area contributed by atoms with Gasteiger partial charge in [0, 0.05) is 0 Å². The highest BCUT2D eigenvalue weighted by Crippen LogP contribution is 2.28. The number of hydrogen-bond acceptors (Lipinski definition) is 1. The Morgan fingerprint density at radius 3 is 1.88 bits per heavy atom. The van der Waals surface area contributed by atoms with Crippen molar-refractivity contribution in [2.24, 2.45) is 5.92 Å². The molecule has 0 N–H and O–H groups in total. The first kappa shape index (κ1) is 24.9. The van der Waals surface area contributed by atoms with E-state index in [0.717, 1.165) is 24.7 Å². The van der Waals surface area contributed by atoms with Crippen molar-refractivity contribution < 1.29 is 4.74 Å². The Labute approximate surface area is 198 Å². The van der Waals surface area contributed by atoms with Crippen molar-refractivity contribution in [2.45, 2.75) is 103 Å². The third kappa shape index (κ3) is 9.39. The lowest BCUT2D eigenvalue weighted by molar-refractivity contribution is 0.304. The van der Waals surface area contributed by atoms with E-state index in [1.807, 2.05) is 0 Å². The zero-order valence-corrected chi connectivity index (χ0v) is 20.5. The molecule has 1 radical (unpaired) electrons. The molecule has 0 spiro atoms. The van der Waals surface area contributed by atoms with Crippen LogP contribution in [0, 0.1) is 12.3 Å². The van der Waals surface area contributed by atoms with Crippen molar-refractivity contribution in [1.29, 1.82) is 0 Å². The topological polar surface area (TPSA) is 9.23 Å². The molecule has 1 heteroatoms. The molecule has 2 aromatic carbocycles. The minimum absolute atomic E-state index is 0.836. The predicted octanol–water partition coefficient (Wildman–Crippen LogP) is 9.59. The van der Waals surface area contributed by atoms with E-state index >= 15 is 0 Å². The van der Waals surface area contributed by atoms with E-state index in [1.54, 1.807) is 0 Å². The van der Waals surface area contributed by atoms with Gasteiger partial charge in [-0.1, -0.05) is 108 Å². The Morgan fingerprint density at radius 2 is 1.25 bits per heavy atom. The maximum absolute atomic E-state index is 5.96. The van der Waals surface area contributed by atoms with Gasteiger partial charge in [0.05, 0.1) is 6.61 Å². The summed E-state index contributed by atoms with van der Waals surface area (Å²) in [7, 11) is 0. The van der Waals surface area contributed by atoms with Gasteiger partial charge in [-0.3, -0.25) is 0 Å². The van der Waals surface area contributed by atoms with E-state index in [9.17, 15) is 0 Å². The maximum atomic E-state index is 5.96. The summed E-state index contributed by atoms with van der Waals surface area (Å²) in [5, 5.41) is 0. The van der Waals surface area contributed by atoms with Gasteiger partial charge in [0.2, 0.25) is 0 Å². The van der Waals surface area contributed by atoms with E-state index in [4.69, 9.17) is 4.74 Å². The molecule has 0 atom stereocenters. The van der Waals surface area contributed by atoms with Crippen molar-refractivity contribution in [2.75, 3.05) is 6.61 Å². The number of benzene rings is 2. The minimum Gasteiger partial charge on any atom is -0.494 e. The molecular formula is C31H45O. The van der Waals surface area contributed by atoms with E-state index in [2.05, 4.69) is 61.9 Å². The molecule has 0 heterocycles. The smallest absolute Gasteiger partial charge is 0.119 e. The average molecular weight is 434 g/mol. The molecule has 175 valence electrons. The second kappa shape index (κ2) is 15.1. The predicted molar refractivity (Wildman–Crippen MR) is 139 cm³/mol. The van der Waals surface area contributed by atoms with Crippen molar-refractivity contribution in [3.05, 3.63) is 60.5 Å². The zero-order chi connectivity index (χ0) is 22.3. The van der Waals surface area contributed by atoms with Crippen LogP contribution in [0.25, 0.3) is 11.1 Å². The molecule has 32 heavy (non-hydrogen) atoms. The van der Waals surface area contributed by atoms with Gasteiger partial charge >= 0.3 is 0 Å². The lowest BCUT2D eigenvalue weighted by atomic mass is 9.85. The maximum Gasteiger partial charge on any atom is 0.119 e. The summed E-state index contributed by atoms with van der Waals surface area (Å²) in [5.41, 5.74) is 4.05. The fraction of sp³-hybridized carbons (Fsp3) is 0.581. The summed E-state index contributed by atoms with van der Waals surface area (Å²) in [5.74, 6) is 1.93. The highest BCUT2D eigenvalue weighted by Gasteiger charge is 2.13. The average Bonchev–Trinajstić information content (AvgIpc) is 2.85. The molecule has 1 fully saturated rings. The molecule has 1 aliphatic carbocycles. The van der Waals surface area contributed by atoms with Gasteiger partial charge in [-0.25, -0.2) is 0 Å². The zero-order valence-electron chi connectivity index (χ0n) is 20.5. The first-order chi connectivity index (χ1) is 15.8. The van der Waals surface area contributed by atoms with Crippen LogP contribution >= 0.6 is 0 Å². The highest BCUT2D eigenvalue weighted by molar-refractivity contribution is 5.64. The summed E-state index contributed by atoms with van der Waals surface area (Å²) in [6.45, 7) is 3.12. The van der Waals surface area contributed by atoms with E-state index < -0.39 is 0 Å². The molecule has 0 saturated heterocycles. The SMILES string of the molecule is CCCCCCCCCCCOc1ccc(-c2ccc(CCC3CC[CH]CC3)cc2)cc1. The Kier molecular flexibility index (Phi) is 11.8. The minimum atomic E-state index is 0.836. The lowest BCUT2D eigenvalue weighted by Gasteiger charge is -2.21. The fourth-order valence-corrected chi connectivity index (χ4v) is 4.87. The molecule has 1 nitrogen and oxygen atoms in total. The Balaban J connectivity index is 1.30. The van der Waals surface area contributed by atoms with Crippen LogP contribution in [-0.2, 0) is 6.42 Å². The molecule has 2 aromatic rings. The molecular weight excluding hydrogens is 388 g/mol. The van der Waals surface area contributed by atoms with Crippen LogP contribution in [0.3, 0.4) is 0 Å². The summed E-state index contributed by atoms with van der Waals surface area (Å²) < 4.78 is 5.96. The quantitative estimate of drug-likeness (QED) is 0.254. The van der Waals surface area contributed by atoms with Crippen molar-refractivity contribution in [3.63, 3.8) is 0 Å². The van der Waals surface area contributed by atoms with Gasteiger partial charge in [-0.05, 0) is 73.3 Å². The van der Waals surface area contributed by atoms with Gasteiger partial charge in [-0.15, -0.1) is 0 Å². The molecule has 0 amide bonds. The molecule has 0 aliphatic heterocycles. The Hall–Kier alpha value is -1.76. The van der Waals surface area contributed by atoms with Crippen LogP contribution < -0.4 is 4.74 Å². The van der Waals surface area contributed by atoms with E-state index in [-0.39, 0.29) is 0 Å². The monoisotopic (exact) mass is 433 g/mol. The second-order valence-corrected chi connectivity index (χ2v) is 9.75. The third-order valence-electron chi connectivity index (χ3n) is 7.06. The molecule has 0 aromatic heterocycles. The Morgan fingerprint density at radius 1 is 0.688 bits per heavy atom. The van der Waals surface area contributed by atoms with Crippen LogP contribution in [0.15, 0.2) is 48.5 Å². The third-order valence-corrected chi connectivity index (χ3v) is 7.06. The van der Waals surface area contributed by atoms with Crippen molar-refractivity contribution >= 4 is 0 Å². The molecule has 3 rings (SSSR count). The summed E-state index contributed by atoms with van der Waals surface area (Å²) in [6, 6.07) is 17.8. The lowest BCUT2D eigenvalue weighted by Crippen LogP contribution is -2.07. The summed E-state index contributed by atoms with van der Waals surface area (Å²) in [6.07, 6.45) is 22.6. The number of hydrogen-bond donors (Lipinski definition) is 0. The van der Waals surface area contributed by atoms with Gasteiger partial charge < -0.3 is 4.74 Å². The molecule has 1 aliphatic rings. The van der Waals surface area contributed by atoms with Crippen LogP contribution in [0.5, 0.6) is 5.75 Å². The number of unbranched alkanes of at least 4 members (excludes halogenated alkanes) is 8. The summed E-state index contributed by atoms with van der Waals surface area (Å²) in [4.78, 5) is 0. The second-order valence-electron chi connectivity index (χ2n) is 9.75. The van der Waals surface area contributed by atoms with Crippen LogP contribution in [0.1, 0.15) is 102 Å². The molecule has 1 saturated carbocycles. The van der Waals surface area contributed by atoms with Crippen molar-refractivity contribution in [3.8, 4) is 16.9 Å². The van der Waals surface area contributed by atoms with Crippen LogP contribution in [-0.4, -0.2) is 6.61 Å². The highest BCUT2D eigenvalue weighted by atomic mass is 16.5. The number of rotatable bonds is 15. The molecule has 0 bridgehead atoms. The van der Waals surface area contributed by atoms with Crippen LogP contribution in [0.4, 0.5) is 0 Å². The Bertz CT molecular complexity index is 709. The summed E-state index contributed by atoms with van der Waals surface area (Å²) >= 11 is 0. The first-order valence-electron chi connectivity index (χ1n) is 13.5. The van der Waals surface area contributed by atoms with Gasteiger partial charge in [0.15, 0.2) is 0 Å². The van der Waals surface area contributed by atoms with Crippen molar-refractivity contribution in [1.82, 2.24) is 0 Å². The molecule has 0 unspecified atom stereocenters. The van der Waals surface area contributed by atoms with Gasteiger partial charge in [0.1, 0.15) is 5.75 Å².